The Morgan fingerprint density at radius 1 is 1.00 bits per heavy atom. The van der Waals surface area contributed by atoms with Crippen LogP contribution in [0.2, 0.25) is 0 Å². The zero-order chi connectivity index (χ0) is 14.7. The van der Waals surface area contributed by atoms with Crippen molar-refractivity contribution in [2.75, 3.05) is 0 Å². The molecule has 3 rings (SSSR count). The highest BCUT2D eigenvalue weighted by Crippen LogP contribution is 2.26. The number of fused-ring (bicyclic) bond motifs is 1. The molecule has 2 atom stereocenters. The Bertz CT molecular complexity index is 702. The lowest BCUT2D eigenvalue weighted by Crippen LogP contribution is -2.23. The molecule has 0 aliphatic carbocycles. The van der Waals surface area contributed by atoms with E-state index in [-0.39, 0.29) is 0 Å². The lowest BCUT2D eigenvalue weighted by molar-refractivity contribution is 0.462. The zero-order valence-electron chi connectivity index (χ0n) is 12.5. The van der Waals surface area contributed by atoms with Gasteiger partial charge in [0.05, 0.1) is 0 Å². The number of nitrogens with one attached hydrogen (secondary N) is 1. The van der Waals surface area contributed by atoms with Gasteiger partial charge >= 0.3 is 0 Å². The van der Waals surface area contributed by atoms with Crippen molar-refractivity contribution in [2.45, 2.75) is 32.4 Å². The maximum Gasteiger partial charge on any atom is 0.0416 e. The average Bonchev–Trinajstić information content (AvgIpc) is 3.06. The van der Waals surface area contributed by atoms with E-state index in [1.165, 1.54) is 21.2 Å². The highest BCUT2D eigenvalue weighted by molar-refractivity contribution is 7.10. The van der Waals surface area contributed by atoms with Gasteiger partial charge in [-0.15, -0.1) is 11.3 Å². The number of rotatable bonds is 5. The minimum atomic E-state index is 0.349. The molecule has 1 N–H and O–H groups in total. The van der Waals surface area contributed by atoms with Crippen molar-refractivity contribution >= 4 is 22.1 Å². The van der Waals surface area contributed by atoms with Crippen molar-refractivity contribution in [1.29, 1.82) is 0 Å². The van der Waals surface area contributed by atoms with Gasteiger partial charge in [0, 0.05) is 17.0 Å². The first-order valence-electron chi connectivity index (χ1n) is 7.56. The molecule has 108 valence electrons. The first-order chi connectivity index (χ1) is 10.3. The maximum absolute atomic E-state index is 3.76. The molecule has 2 unspecified atom stereocenters. The van der Waals surface area contributed by atoms with Gasteiger partial charge in [0.2, 0.25) is 0 Å². The fourth-order valence-electron chi connectivity index (χ4n) is 2.77. The van der Waals surface area contributed by atoms with Crippen LogP contribution in [0.15, 0.2) is 60.0 Å². The third-order valence-corrected chi connectivity index (χ3v) is 5.01. The molecule has 0 amide bonds. The predicted octanol–water partition coefficient (Wildman–Crippen LogP) is 5.70. The van der Waals surface area contributed by atoms with Crippen molar-refractivity contribution < 1.29 is 0 Å². The smallest absolute Gasteiger partial charge is 0.0416 e. The lowest BCUT2D eigenvalue weighted by Gasteiger charge is -2.22. The van der Waals surface area contributed by atoms with Crippen molar-refractivity contribution in [1.82, 2.24) is 5.32 Å². The second-order valence-corrected chi connectivity index (χ2v) is 6.45. The Morgan fingerprint density at radius 3 is 2.52 bits per heavy atom. The minimum absolute atomic E-state index is 0.349. The van der Waals surface area contributed by atoms with Gasteiger partial charge in [0.1, 0.15) is 0 Å². The molecule has 0 aliphatic rings. The summed E-state index contributed by atoms with van der Waals surface area (Å²) in [4.78, 5) is 1.42. The number of hydrogen-bond donors (Lipinski definition) is 1. The molecular formula is C19H21NS. The van der Waals surface area contributed by atoms with Gasteiger partial charge in [0.15, 0.2) is 0 Å². The van der Waals surface area contributed by atoms with E-state index < -0.39 is 0 Å². The summed E-state index contributed by atoms with van der Waals surface area (Å²) in [5.74, 6) is 0. The third kappa shape index (κ3) is 3.17. The molecule has 0 saturated heterocycles. The summed E-state index contributed by atoms with van der Waals surface area (Å²) in [6.45, 7) is 4.49. The Kier molecular flexibility index (Phi) is 4.37. The fourth-order valence-corrected chi connectivity index (χ4v) is 3.64. The molecule has 1 heterocycles. The molecule has 0 spiro atoms. The van der Waals surface area contributed by atoms with Gasteiger partial charge in [0.25, 0.3) is 0 Å². The maximum atomic E-state index is 3.76. The average molecular weight is 295 g/mol. The van der Waals surface area contributed by atoms with E-state index in [0.717, 1.165) is 6.42 Å². The summed E-state index contributed by atoms with van der Waals surface area (Å²) in [5, 5.41) is 8.53. The molecule has 2 heteroatoms. The Hall–Kier alpha value is -1.64. The molecule has 3 aromatic rings. The summed E-state index contributed by atoms with van der Waals surface area (Å²) >= 11 is 1.83. The normalized spacial score (nSPS) is 14.2. The number of benzene rings is 2. The van der Waals surface area contributed by atoms with E-state index in [4.69, 9.17) is 0 Å². The standard InChI is InChI=1S/C19H21NS/c1-3-18(19-9-6-12-21-19)20-14(2)16-11-10-15-7-4-5-8-17(15)13-16/h4-14,18,20H,3H2,1-2H3. The quantitative estimate of drug-likeness (QED) is 0.636. The predicted molar refractivity (Wildman–Crippen MR) is 92.8 cm³/mol. The van der Waals surface area contributed by atoms with E-state index in [9.17, 15) is 0 Å². The second kappa shape index (κ2) is 6.42. The van der Waals surface area contributed by atoms with Gasteiger partial charge in [-0.25, -0.2) is 0 Å². The molecule has 0 radical (unpaired) electrons. The Balaban J connectivity index is 1.81. The van der Waals surface area contributed by atoms with Crippen molar-refractivity contribution in [3.63, 3.8) is 0 Å². The van der Waals surface area contributed by atoms with Gasteiger partial charge in [-0.1, -0.05) is 49.4 Å². The van der Waals surface area contributed by atoms with Gasteiger partial charge in [-0.3, -0.25) is 0 Å². The monoisotopic (exact) mass is 295 g/mol. The van der Waals surface area contributed by atoms with Crippen LogP contribution in [0.1, 0.15) is 42.8 Å². The molecule has 1 aromatic heterocycles. The summed E-state index contributed by atoms with van der Waals surface area (Å²) in [5.41, 5.74) is 1.35. The first-order valence-corrected chi connectivity index (χ1v) is 8.44. The van der Waals surface area contributed by atoms with E-state index in [0.29, 0.717) is 12.1 Å². The van der Waals surface area contributed by atoms with Crippen molar-refractivity contribution in [3.8, 4) is 0 Å². The highest BCUT2D eigenvalue weighted by atomic mass is 32.1. The molecule has 1 nitrogen and oxygen atoms in total. The molecule has 0 fully saturated rings. The molecular weight excluding hydrogens is 274 g/mol. The topological polar surface area (TPSA) is 12.0 Å². The molecule has 0 saturated carbocycles. The van der Waals surface area contributed by atoms with Crippen LogP contribution >= 0.6 is 11.3 Å². The van der Waals surface area contributed by atoms with E-state index in [1.54, 1.807) is 0 Å². The van der Waals surface area contributed by atoms with E-state index in [2.05, 4.69) is 79.1 Å². The summed E-state index contributed by atoms with van der Waals surface area (Å²) < 4.78 is 0. The molecule has 0 bridgehead atoms. The number of thiophene rings is 1. The van der Waals surface area contributed by atoms with E-state index in [1.807, 2.05) is 11.3 Å². The highest BCUT2D eigenvalue weighted by Gasteiger charge is 2.14. The molecule has 21 heavy (non-hydrogen) atoms. The van der Waals surface area contributed by atoms with Crippen molar-refractivity contribution in [2.24, 2.45) is 0 Å². The fraction of sp³-hybridized carbons (Fsp3) is 0.263. The van der Waals surface area contributed by atoms with Crippen LogP contribution in [0.3, 0.4) is 0 Å². The van der Waals surface area contributed by atoms with Crippen LogP contribution in [-0.4, -0.2) is 0 Å². The van der Waals surface area contributed by atoms with Gasteiger partial charge in [-0.2, -0.15) is 0 Å². The Labute approximate surface area is 130 Å². The molecule has 2 aromatic carbocycles. The second-order valence-electron chi connectivity index (χ2n) is 5.47. The largest absolute Gasteiger partial charge is 0.303 e. The summed E-state index contributed by atoms with van der Waals surface area (Å²) in [6.07, 6.45) is 1.11. The van der Waals surface area contributed by atoms with Crippen LogP contribution in [-0.2, 0) is 0 Å². The first kappa shape index (κ1) is 14.3. The molecule has 0 aliphatic heterocycles. The van der Waals surface area contributed by atoms with E-state index >= 15 is 0 Å². The number of hydrogen-bond acceptors (Lipinski definition) is 2. The lowest BCUT2D eigenvalue weighted by atomic mass is 10.0. The third-order valence-electron chi connectivity index (χ3n) is 4.02. The summed E-state index contributed by atoms with van der Waals surface area (Å²) in [7, 11) is 0. The zero-order valence-corrected chi connectivity index (χ0v) is 13.4. The van der Waals surface area contributed by atoms with Crippen LogP contribution in [0, 0.1) is 0 Å². The van der Waals surface area contributed by atoms with Crippen LogP contribution in [0.25, 0.3) is 10.8 Å². The summed E-state index contributed by atoms with van der Waals surface area (Å²) in [6, 6.07) is 20.4. The van der Waals surface area contributed by atoms with Crippen LogP contribution in [0.5, 0.6) is 0 Å². The van der Waals surface area contributed by atoms with Crippen LogP contribution < -0.4 is 5.32 Å². The van der Waals surface area contributed by atoms with Crippen LogP contribution in [0.4, 0.5) is 0 Å². The van der Waals surface area contributed by atoms with Gasteiger partial charge < -0.3 is 5.32 Å². The Morgan fingerprint density at radius 2 is 1.81 bits per heavy atom. The minimum Gasteiger partial charge on any atom is -0.303 e. The van der Waals surface area contributed by atoms with Crippen molar-refractivity contribution in [3.05, 3.63) is 70.4 Å². The van der Waals surface area contributed by atoms with Gasteiger partial charge in [-0.05, 0) is 47.2 Å². The SMILES string of the molecule is CCC(NC(C)c1ccc2ccccc2c1)c1cccs1.